The van der Waals surface area contributed by atoms with Crippen molar-refractivity contribution in [1.29, 1.82) is 0 Å². The van der Waals surface area contributed by atoms with Crippen LogP contribution in [0.3, 0.4) is 0 Å². The molecule has 9 heteroatoms. The lowest BCUT2D eigenvalue weighted by Crippen LogP contribution is -2.45. The molecular weight excluding hydrogens is 410 g/mol. The number of hydrogen-bond acceptors (Lipinski definition) is 6. The van der Waals surface area contributed by atoms with Crippen molar-refractivity contribution in [2.24, 2.45) is 0 Å². The van der Waals surface area contributed by atoms with E-state index >= 15 is 0 Å². The predicted octanol–water partition coefficient (Wildman–Crippen LogP) is 1.60. The van der Waals surface area contributed by atoms with Crippen LogP contribution in [0.4, 0.5) is 0 Å². The summed E-state index contributed by atoms with van der Waals surface area (Å²) >= 11 is 0. The molecule has 0 saturated carbocycles. The van der Waals surface area contributed by atoms with Crippen molar-refractivity contribution in [3.05, 3.63) is 57.5 Å². The minimum absolute atomic E-state index is 0.0130. The Bertz CT molecular complexity index is 1060. The van der Waals surface area contributed by atoms with Gasteiger partial charge in [-0.2, -0.15) is 0 Å². The molecule has 2 fully saturated rings. The lowest BCUT2D eigenvalue weighted by molar-refractivity contribution is -0.145. The van der Waals surface area contributed by atoms with Gasteiger partial charge in [0.15, 0.2) is 0 Å². The molecule has 2 aromatic heterocycles. The van der Waals surface area contributed by atoms with Crippen LogP contribution in [0.15, 0.2) is 29.3 Å². The summed E-state index contributed by atoms with van der Waals surface area (Å²) in [4.78, 5) is 54.1. The van der Waals surface area contributed by atoms with Crippen molar-refractivity contribution < 1.29 is 14.3 Å². The number of ether oxygens (including phenoxy) is 1. The quantitative estimate of drug-likeness (QED) is 0.781. The summed E-state index contributed by atoms with van der Waals surface area (Å²) in [5.74, 6) is 0.372. The number of nitrogens with zero attached hydrogens (tertiary/aromatic N) is 4. The average Bonchev–Trinajstić information content (AvgIpc) is 3.38. The van der Waals surface area contributed by atoms with E-state index in [9.17, 15) is 14.4 Å². The first-order valence-corrected chi connectivity index (χ1v) is 11.3. The monoisotopic (exact) mass is 437 g/mol. The van der Waals surface area contributed by atoms with Gasteiger partial charge in [0.2, 0.25) is 0 Å². The second kappa shape index (κ2) is 8.82. The molecule has 0 aromatic carbocycles. The molecule has 32 heavy (non-hydrogen) atoms. The Labute approximate surface area is 185 Å². The number of carbonyl (C=O) groups is 2. The van der Waals surface area contributed by atoms with Gasteiger partial charge in [-0.05, 0) is 50.7 Å². The van der Waals surface area contributed by atoms with Crippen LogP contribution in [-0.4, -0.2) is 62.4 Å². The fourth-order valence-corrected chi connectivity index (χ4v) is 4.90. The maximum absolute atomic E-state index is 13.1. The van der Waals surface area contributed by atoms with E-state index in [-0.39, 0.29) is 30.0 Å². The zero-order valence-electron chi connectivity index (χ0n) is 18.0. The van der Waals surface area contributed by atoms with E-state index < -0.39 is 6.10 Å². The second-order valence-electron chi connectivity index (χ2n) is 8.64. The molecule has 9 nitrogen and oxygen atoms in total. The van der Waals surface area contributed by atoms with E-state index in [4.69, 9.17) is 9.72 Å². The molecule has 2 unspecified atom stereocenters. The summed E-state index contributed by atoms with van der Waals surface area (Å²) in [5.41, 5.74) is 1.58. The van der Waals surface area contributed by atoms with Crippen LogP contribution in [0.1, 0.15) is 65.6 Å². The van der Waals surface area contributed by atoms with E-state index in [0.717, 1.165) is 32.1 Å². The molecule has 0 bridgehead atoms. The first-order chi connectivity index (χ1) is 15.6. The molecular formula is C23H27N5O4. The zero-order chi connectivity index (χ0) is 22.1. The Balaban J connectivity index is 1.41. The summed E-state index contributed by atoms with van der Waals surface area (Å²) in [6.45, 7) is 1.98. The highest BCUT2D eigenvalue weighted by Crippen LogP contribution is 2.31. The Morgan fingerprint density at radius 3 is 2.84 bits per heavy atom. The largest absolute Gasteiger partial charge is 0.368 e. The lowest BCUT2D eigenvalue weighted by atomic mass is 9.99. The number of hydrogen-bond donors (Lipinski definition) is 1. The number of nitrogens with one attached hydrogen (secondary N) is 1. The van der Waals surface area contributed by atoms with Crippen LogP contribution in [-0.2, 0) is 22.5 Å². The molecule has 5 heterocycles. The Hall–Kier alpha value is -3.07. The van der Waals surface area contributed by atoms with Crippen molar-refractivity contribution in [2.75, 3.05) is 19.7 Å². The van der Waals surface area contributed by atoms with Crippen molar-refractivity contribution in [3.63, 3.8) is 0 Å². The highest BCUT2D eigenvalue weighted by atomic mass is 16.5. The minimum atomic E-state index is -0.396. The average molecular weight is 438 g/mol. The van der Waals surface area contributed by atoms with Crippen LogP contribution >= 0.6 is 0 Å². The molecule has 2 atom stereocenters. The van der Waals surface area contributed by atoms with Gasteiger partial charge in [-0.15, -0.1) is 0 Å². The van der Waals surface area contributed by atoms with Crippen LogP contribution in [0, 0.1) is 0 Å². The van der Waals surface area contributed by atoms with Gasteiger partial charge in [0.1, 0.15) is 11.9 Å². The van der Waals surface area contributed by atoms with Gasteiger partial charge >= 0.3 is 0 Å². The normalized spacial score (nSPS) is 23.1. The first-order valence-electron chi connectivity index (χ1n) is 11.3. The third-order valence-electron chi connectivity index (χ3n) is 6.59. The molecule has 2 aromatic rings. The number of aromatic nitrogens is 3. The molecule has 3 aliphatic heterocycles. The SMILES string of the molecule is O=C(c1cccnc1)N1CCc2c(nc(C3CCCCN3C(=O)C3CCCO3)[nH]c2=O)C1. The fraction of sp³-hybridized carbons (Fsp3) is 0.522. The summed E-state index contributed by atoms with van der Waals surface area (Å²) in [6, 6.07) is 3.19. The van der Waals surface area contributed by atoms with Crippen molar-refractivity contribution in [2.45, 2.75) is 57.2 Å². The number of carbonyl (C=O) groups excluding carboxylic acids is 2. The first kappa shape index (κ1) is 20.8. The number of rotatable bonds is 3. The Morgan fingerprint density at radius 1 is 1.16 bits per heavy atom. The highest BCUT2D eigenvalue weighted by Gasteiger charge is 2.36. The van der Waals surface area contributed by atoms with Gasteiger partial charge in [-0.25, -0.2) is 4.98 Å². The number of pyridine rings is 1. The molecule has 0 spiro atoms. The Morgan fingerprint density at radius 2 is 2.06 bits per heavy atom. The molecule has 0 radical (unpaired) electrons. The standard InChI is InChI=1S/C23H27N5O4/c29-21-16-8-11-27(22(30)15-5-3-9-24-13-15)14-17(16)25-20(26-21)18-6-1-2-10-28(18)23(31)19-7-4-12-32-19/h3,5,9,13,18-19H,1-2,4,6-8,10-12,14H2,(H,25,26,29). The summed E-state index contributed by atoms with van der Waals surface area (Å²) < 4.78 is 5.62. The second-order valence-corrected chi connectivity index (χ2v) is 8.64. The molecule has 168 valence electrons. The van der Waals surface area contributed by atoms with Crippen molar-refractivity contribution in [1.82, 2.24) is 24.8 Å². The zero-order valence-corrected chi connectivity index (χ0v) is 18.0. The summed E-state index contributed by atoms with van der Waals surface area (Å²) in [6.07, 6.45) is 7.50. The van der Waals surface area contributed by atoms with E-state index in [2.05, 4.69) is 9.97 Å². The highest BCUT2D eigenvalue weighted by molar-refractivity contribution is 5.94. The molecule has 1 N–H and O–H groups in total. The number of fused-ring (bicyclic) bond motifs is 1. The van der Waals surface area contributed by atoms with Gasteiger partial charge in [-0.1, -0.05) is 0 Å². The van der Waals surface area contributed by atoms with E-state index in [1.165, 1.54) is 0 Å². The van der Waals surface area contributed by atoms with Crippen molar-refractivity contribution in [3.8, 4) is 0 Å². The fourth-order valence-electron chi connectivity index (χ4n) is 4.90. The Kier molecular flexibility index (Phi) is 5.73. The smallest absolute Gasteiger partial charge is 0.255 e. The minimum Gasteiger partial charge on any atom is -0.368 e. The number of likely N-dealkylation sites (tertiary alicyclic amines) is 1. The molecule has 3 aliphatic rings. The van der Waals surface area contributed by atoms with Crippen LogP contribution < -0.4 is 5.56 Å². The van der Waals surface area contributed by atoms with Gasteiger partial charge in [-0.3, -0.25) is 19.4 Å². The number of aromatic amines is 1. The maximum Gasteiger partial charge on any atom is 0.255 e. The van der Waals surface area contributed by atoms with E-state index in [1.807, 2.05) is 4.90 Å². The van der Waals surface area contributed by atoms with Crippen LogP contribution in [0.5, 0.6) is 0 Å². The number of piperidine rings is 1. The van der Waals surface area contributed by atoms with Gasteiger partial charge in [0.05, 0.1) is 23.8 Å². The van der Waals surface area contributed by atoms with Crippen molar-refractivity contribution >= 4 is 11.8 Å². The summed E-state index contributed by atoms with van der Waals surface area (Å²) in [5, 5.41) is 0. The third kappa shape index (κ3) is 3.92. The van der Waals surface area contributed by atoms with Crippen LogP contribution in [0.2, 0.25) is 0 Å². The third-order valence-corrected chi connectivity index (χ3v) is 6.59. The number of H-pyrrole nitrogens is 1. The summed E-state index contributed by atoms with van der Waals surface area (Å²) in [7, 11) is 0. The van der Waals surface area contributed by atoms with Crippen LogP contribution in [0.25, 0.3) is 0 Å². The lowest BCUT2D eigenvalue weighted by Gasteiger charge is -2.37. The number of amides is 2. The topological polar surface area (TPSA) is 108 Å². The van der Waals surface area contributed by atoms with Gasteiger partial charge < -0.3 is 19.5 Å². The van der Waals surface area contributed by atoms with E-state index in [0.29, 0.717) is 48.8 Å². The molecule has 2 saturated heterocycles. The molecule has 2 amide bonds. The molecule has 5 rings (SSSR count). The van der Waals surface area contributed by atoms with Gasteiger partial charge in [0, 0.05) is 37.7 Å². The molecule has 0 aliphatic carbocycles. The van der Waals surface area contributed by atoms with E-state index in [1.54, 1.807) is 29.4 Å². The van der Waals surface area contributed by atoms with Gasteiger partial charge in [0.25, 0.3) is 17.4 Å². The predicted molar refractivity (Wildman–Crippen MR) is 115 cm³/mol. The maximum atomic E-state index is 13.1.